The molecule has 1 aromatic heterocycles. The second kappa shape index (κ2) is 6.52. The number of aromatic nitrogens is 1. The van der Waals surface area contributed by atoms with Gasteiger partial charge in [-0.25, -0.2) is 0 Å². The molecule has 2 rings (SSSR count). The highest BCUT2D eigenvalue weighted by Gasteiger charge is 2.24. The predicted molar refractivity (Wildman–Crippen MR) is 71.5 cm³/mol. The number of pyridine rings is 1. The smallest absolute Gasteiger partial charge is 0.312 e. The Balaban J connectivity index is 1.82. The van der Waals surface area contributed by atoms with Crippen molar-refractivity contribution >= 4 is 11.7 Å². The van der Waals surface area contributed by atoms with E-state index < -0.39 is 0 Å². The van der Waals surface area contributed by atoms with Gasteiger partial charge in [0.25, 0.3) is 0 Å². The van der Waals surface area contributed by atoms with Crippen LogP contribution in [-0.2, 0) is 20.7 Å². The zero-order chi connectivity index (χ0) is 13.7. The molecular weight excluding hydrogens is 244 g/mol. The molecular formula is C14H20N2O3. The fourth-order valence-corrected chi connectivity index (χ4v) is 2.34. The summed E-state index contributed by atoms with van der Waals surface area (Å²) in [5.41, 5.74) is 6.81. The maximum atomic E-state index is 11.8. The van der Waals surface area contributed by atoms with Gasteiger partial charge in [0.05, 0.1) is 30.1 Å². The number of hydrogen-bond donors (Lipinski definition) is 1. The molecule has 0 amide bonds. The van der Waals surface area contributed by atoms with Gasteiger partial charge < -0.3 is 15.2 Å². The van der Waals surface area contributed by atoms with Crippen molar-refractivity contribution in [2.75, 3.05) is 12.8 Å². The van der Waals surface area contributed by atoms with Crippen LogP contribution in [0.2, 0.25) is 0 Å². The van der Waals surface area contributed by atoms with Gasteiger partial charge in [-0.05, 0) is 31.4 Å². The van der Waals surface area contributed by atoms with E-state index in [0.29, 0.717) is 11.4 Å². The van der Waals surface area contributed by atoms with Gasteiger partial charge in [-0.2, -0.15) is 0 Å². The average molecular weight is 264 g/mol. The molecule has 2 atom stereocenters. The summed E-state index contributed by atoms with van der Waals surface area (Å²) in [5.74, 6) is -0.237. The van der Waals surface area contributed by atoms with Crippen molar-refractivity contribution in [2.45, 2.75) is 44.3 Å². The van der Waals surface area contributed by atoms with Gasteiger partial charge in [-0.3, -0.25) is 9.78 Å². The van der Waals surface area contributed by atoms with Gasteiger partial charge in [-0.15, -0.1) is 0 Å². The minimum atomic E-state index is -0.237. The Labute approximate surface area is 113 Å². The molecule has 5 nitrogen and oxygen atoms in total. The standard InChI is InChI=1S/C14H20N2O3/c1-18-12-3-2-4-13(8-12)19-14(17)7-11-6-5-10(15)9-16-11/h5-6,9,12-13H,2-4,7-8,15H2,1H3. The van der Waals surface area contributed by atoms with Crippen LogP contribution in [0.5, 0.6) is 0 Å². The summed E-state index contributed by atoms with van der Waals surface area (Å²) in [7, 11) is 1.70. The Kier molecular flexibility index (Phi) is 4.74. The van der Waals surface area contributed by atoms with Crippen LogP contribution in [0.1, 0.15) is 31.4 Å². The van der Waals surface area contributed by atoms with Crippen molar-refractivity contribution in [2.24, 2.45) is 0 Å². The van der Waals surface area contributed by atoms with Crippen LogP contribution < -0.4 is 5.73 Å². The average Bonchev–Trinajstić information content (AvgIpc) is 2.41. The van der Waals surface area contributed by atoms with E-state index in [9.17, 15) is 4.79 Å². The van der Waals surface area contributed by atoms with Crippen LogP contribution in [0.3, 0.4) is 0 Å². The Morgan fingerprint density at radius 3 is 2.89 bits per heavy atom. The van der Waals surface area contributed by atoms with Crippen LogP contribution in [0.25, 0.3) is 0 Å². The molecule has 0 aliphatic heterocycles. The molecule has 2 N–H and O–H groups in total. The van der Waals surface area contributed by atoms with Crippen molar-refractivity contribution in [3.05, 3.63) is 24.0 Å². The summed E-state index contributed by atoms with van der Waals surface area (Å²) in [5, 5.41) is 0. The number of carbonyl (C=O) groups is 1. The summed E-state index contributed by atoms with van der Waals surface area (Å²) in [4.78, 5) is 15.9. The number of rotatable bonds is 4. The Morgan fingerprint density at radius 1 is 1.42 bits per heavy atom. The molecule has 0 spiro atoms. The van der Waals surface area contributed by atoms with Gasteiger partial charge in [0.2, 0.25) is 0 Å². The van der Waals surface area contributed by atoms with E-state index in [1.54, 1.807) is 25.4 Å². The minimum absolute atomic E-state index is 0.0278. The second-order valence-corrected chi connectivity index (χ2v) is 4.90. The van der Waals surface area contributed by atoms with Crippen molar-refractivity contribution in [3.8, 4) is 0 Å². The summed E-state index contributed by atoms with van der Waals surface area (Å²) >= 11 is 0. The first-order valence-corrected chi connectivity index (χ1v) is 6.60. The first kappa shape index (κ1) is 13.8. The third-order valence-electron chi connectivity index (χ3n) is 3.38. The van der Waals surface area contributed by atoms with E-state index in [0.717, 1.165) is 25.7 Å². The van der Waals surface area contributed by atoms with Gasteiger partial charge in [0, 0.05) is 13.5 Å². The van der Waals surface area contributed by atoms with Crippen molar-refractivity contribution < 1.29 is 14.3 Å². The molecule has 2 unspecified atom stereocenters. The van der Waals surface area contributed by atoms with E-state index in [-0.39, 0.29) is 24.6 Å². The highest BCUT2D eigenvalue weighted by molar-refractivity contribution is 5.72. The summed E-state index contributed by atoms with van der Waals surface area (Å²) in [6.45, 7) is 0. The summed E-state index contributed by atoms with van der Waals surface area (Å²) in [6.07, 6.45) is 5.71. The van der Waals surface area contributed by atoms with Gasteiger partial charge >= 0.3 is 5.97 Å². The molecule has 5 heteroatoms. The number of hydrogen-bond acceptors (Lipinski definition) is 5. The van der Waals surface area contributed by atoms with Crippen LogP contribution in [-0.4, -0.2) is 30.3 Å². The molecule has 0 aromatic carbocycles. The molecule has 1 aliphatic rings. The SMILES string of the molecule is COC1CCCC(OC(=O)Cc2ccc(N)cn2)C1. The number of nitrogens with two attached hydrogens (primary N) is 1. The first-order valence-electron chi connectivity index (χ1n) is 6.60. The first-order chi connectivity index (χ1) is 9.17. The van der Waals surface area contributed by atoms with Gasteiger partial charge in [0.1, 0.15) is 6.10 Å². The summed E-state index contributed by atoms with van der Waals surface area (Å²) < 4.78 is 10.8. The van der Waals surface area contributed by atoms with Crippen molar-refractivity contribution in [1.29, 1.82) is 0 Å². The van der Waals surface area contributed by atoms with Crippen LogP contribution in [0.4, 0.5) is 5.69 Å². The Hall–Kier alpha value is -1.62. The highest BCUT2D eigenvalue weighted by Crippen LogP contribution is 2.23. The van der Waals surface area contributed by atoms with E-state index >= 15 is 0 Å². The van der Waals surface area contributed by atoms with Gasteiger partial charge in [0.15, 0.2) is 0 Å². The lowest BCUT2D eigenvalue weighted by Crippen LogP contribution is -2.29. The largest absolute Gasteiger partial charge is 0.462 e. The monoisotopic (exact) mass is 264 g/mol. The van der Waals surface area contributed by atoms with Crippen LogP contribution in [0.15, 0.2) is 18.3 Å². The molecule has 19 heavy (non-hydrogen) atoms. The number of methoxy groups -OCH3 is 1. The van der Waals surface area contributed by atoms with Crippen molar-refractivity contribution in [3.63, 3.8) is 0 Å². The molecule has 0 radical (unpaired) electrons. The Bertz CT molecular complexity index is 419. The van der Waals surface area contributed by atoms with E-state index in [2.05, 4.69) is 4.98 Å². The normalized spacial score (nSPS) is 23.0. The molecule has 0 bridgehead atoms. The molecule has 1 fully saturated rings. The number of anilines is 1. The lowest BCUT2D eigenvalue weighted by molar-refractivity contribution is -0.151. The lowest BCUT2D eigenvalue weighted by Gasteiger charge is -2.27. The third-order valence-corrected chi connectivity index (χ3v) is 3.38. The van der Waals surface area contributed by atoms with E-state index in [4.69, 9.17) is 15.2 Å². The molecule has 1 aliphatic carbocycles. The van der Waals surface area contributed by atoms with Gasteiger partial charge in [-0.1, -0.05) is 0 Å². The zero-order valence-electron chi connectivity index (χ0n) is 11.2. The topological polar surface area (TPSA) is 74.4 Å². The van der Waals surface area contributed by atoms with Crippen LogP contribution in [0, 0.1) is 0 Å². The molecule has 1 aromatic rings. The van der Waals surface area contributed by atoms with Crippen molar-refractivity contribution in [1.82, 2.24) is 4.98 Å². The van der Waals surface area contributed by atoms with E-state index in [1.165, 1.54) is 0 Å². The number of carbonyl (C=O) groups excluding carboxylic acids is 1. The number of esters is 1. The maximum Gasteiger partial charge on any atom is 0.312 e. The zero-order valence-corrected chi connectivity index (χ0v) is 11.2. The predicted octanol–water partition coefficient (Wildman–Crippen LogP) is 1.71. The summed E-state index contributed by atoms with van der Waals surface area (Å²) in [6, 6.07) is 3.48. The highest BCUT2D eigenvalue weighted by atomic mass is 16.5. The maximum absolute atomic E-state index is 11.8. The number of ether oxygens (including phenoxy) is 2. The van der Waals surface area contributed by atoms with Crippen LogP contribution >= 0.6 is 0 Å². The quantitative estimate of drug-likeness (QED) is 0.838. The number of nitrogen functional groups attached to an aromatic ring is 1. The molecule has 0 saturated heterocycles. The lowest BCUT2D eigenvalue weighted by atomic mass is 9.95. The second-order valence-electron chi connectivity index (χ2n) is 4.90. The fraction of sp³-hybridized carbons (Fsp3) is 0.571. The molecule has 1 saturated carbocycles. The van der Waals surface area contributed by atoms with E-state index in [1.807, 2.05) is 0 Å². The number of nitrogens with zero attached hydrogens (tertiary/aromatic N) is 1. The third kappa shape index (κ3) is 4.21. The molecule has 104 valence electrons. The fourth-order valence-electron chi connectivity index (χ4n) is 2.34. The Morgan fingerprint density at radius 2 is 2.21 bits per heavy atom. The molecule has 1 heterocycles. The minimum Gasteiger partial charge on any atom is -0.462 e.